The third-order valence-corrected chi connectivity index (χ3v) is 4.43. The van der Waals surface area contributed by atoms with Crippen LogP contribution in [0.3, 0.4) is 0 Å². The van der Waals surface area contributed by atoms with Crippen molar-refractivity contribution >= 4 is 34.6 Å². The molecule has 3 rings (SSSR count). The number of nitriles is 1. The number of amides is 1. The number of pyridine rings is 1. The standard InChI is InChI=1S/C21H17ClN4O2/c1-13-9-18(20(28-2)11-17(13)22)26-21(27)19-10-16(7-8-24-19)25-15-5-3-14(12-23)4-6-15/h3-11H,1-2H3,(H,24,25)(H,26,27). The summed E-state index contributed by atoms with van der Waals surface area (Å²) in [6, 6.07) is 15.9. The van der Waals surface area contributed by atoms with E-state index in [-0.39, 0.29) is 11.6 Å². The highest BCUT2D eigenvalue weighted by Crippen LogP contribution is 2.31. The van der Waals surface area contributed by atoms with Crippen LogP contribution in [0.5, 0.6) is 5.75 Å². The van der Waals surface area contributed by atoms with Crippen molar-refractivity contribution in [2.75, 3.05) is 17.7 Å². The zero-order valence-electron chi connectivity index (χ0n) is 15.3. The van der Waals surface area contributed by atoms with Gasteiger partial charge in [-0.25, -0.2) is 0 Å². The Balaban J connectivity index is 1.79. The SMILES string of the molecule is COc1cc(Cl)c(C)cc1NC(=O)c1cc(Nc2ccc(C#N)cc2)ccn1. The average molecular weight is 393 g/mol. The lowest BCUT2D eigenvalue weighted by atomic mass is 10.2. The number of hydrogen-bond donors (Lipinski definition) is 2. The summed E-state index contributed by atoms with van der Waals surface area (Å²) in [6.07, 6.45) is 1.55. The fourth-order valence-corrected chi connectivity index (χ4v) is 2.70. The van der Waals surface area contributed by atoms with Gasteiger partial charge in [-0.1, -0.05) is 11.6 Å². The molecule has 0 aliphatic heterocycles. The van der Waals surface area contributed by atoms with Crippen molar-refractivity contribution in [2.45, 2.75) is 6.92 Å². The van der Waals surface area contributed by atoms with E-state index in [9.17, 15) is 4.79 Å². The molecule has 0 atom stereocenters. The summed E-state index contributed by atoms with van der Waals surface area (Å²) < 4.78 is 5.28. The van der Waals surface area contributed by atoms with E-state index in [2.05, 4.69) is 21.7 Å². The van der Waals surface area contributed by atoms with Crippen molar-refractivity contribution in [1.82, 2.24) is 4.98 Å². The summed E-state index contributed by atoms with van der Waals surface area (Å²) in [4.78, 5) is 16.8. The minimum Gasteiger partial charge on any atom is -0.495 e. The molecule has 2 N–H and O–H groups in total. The Labute approximate surface area is 167 Å². The molecule has 7 heteroatoms. The Morgan fingerprint density at radius 1 is 1.14 bits per heavy atom. The summed E-state index contributed by atoms with van der Waals surface area (Å²) in [5.41, 5.74) is 3.65. The van der Waals surface area contributed by atoms with Crippen LogP contribution in [0.4, 0.5) is 17.1 Å². The van der Waals surface area contributed by atoms with Crippen LogP contribution in [0, 0.1) is 18.3 Å². The Morgan fingerprint density at radius 2 is 1.89 bits per heavy atom. The third-order valence-electron chi connectivity index (χ3n) is 4.02. The largest absolute Gasteiger partial charge is 0.495 e. The van der Waals surface area contributed by atoms with Crippen molar-refractivity contribution in [3.8, 4) is 11.8 Å². The Hall–Kier alpha value is -3.56. The monoisotopic (exact) mass is 392 g/mol. The minimum absolute atomic E-state index is 0.244. The minimum atomic E-state index is -0.372. The van der Waals surface area contributed by atoms with E-state index in [0.717, 1.165) is 11.3 Å². The van der Waals surface area contributed by atoms with Crippen molar-refractivity contribution in [3.63, 3.8) is 0 Å². The first-order chi connectivity index (χ1) is 13.5. The Bertz CT molecular complexity index is 1060. The fourth-order valence-electron chi connectivity index (χ4n) is 2.54. The molecular weight excluding hydrogens is 376 g/mol. The number of ether oxygens (including phenoxy) is 1. The molecule has 0 aliphatic carbocycles. The normalized spacial score (nSPS) is 10.1. The van der Waals surface area contributed by atoms with E-state index in [1.54, 1.807) is 54.7 Å². The topological polar surface area (TPSA) is 87.0 Å². The van der Waals surface area contributed by atoms with E-state index < -0.39 is 0 Å². The van der Waals surface area contributed by atoms with Gasteiger partial charge in [0.1, 0.15) is 11.4 Å². The lowest BCUT2D eigenvalue weighted by Crippen LogP contribution is -2.14. The van der Waals surface area contributed by atoms with E-state index >= 15 is 0 Å². The molecule has 0 fully saturated rings. The van der Waals surface area contributed by atoms with Gasteiger partial charge in [0.05, 0.1) is 24.4 Å². The van der Waals surface area contributed by atoms with Gasteiger partial charge in [-0.3, -0.25) is 9.78 Å². The van der Waals surface area contributed by atoms with Crippen LogP contribution in [0.15, 0.2) is 54.7 Å². The number of hydrogen-bond acceptors (Lipinski definition) is 5. The van der Waals surface area contributed by atoms with Crippen molar-refractivity contribution < 1.29 is 9.53 Å². The van der Waals surface area contributed by atoms with E-state index in [0.29, 0.717) is 27.7 Å². The molecule has 6 nitrogen and oxygen atoms in total. The van der Waals surface area contributed by atoms with Crippen molar-refractivity contribution in [3.05, 3.63) is 76.6 Å². The molecular formula is C21H17ClN4O2. The van der Waals surface area contributed by atoms with Gasteiger partial charge >= 0.3 is 0 Å². The number of aromatic nitrogens is 1. The van der Waals surface area contributed by atoms with Crippen molar-refractivity contribution in [2.24, 2.45) is 0 Å². The summed E-state index contributed by atoms with van der Waals surface area (Å²) in [5, 5.41) is 15.4. The van der Waals surface area contributed by atoms with E-state index in [1.807, 2.05) is 6.92 Å². The maximum atomic E-state index is 12.6. The highest BCUT2D eigenvalue weighted by Gasteiger charge is 2.13. The molecule has 28 heavy (non-hydrogen) atoms. The first-order valence-electron chi connectivity index (χ1n) is 8.39. The second kappa shape index (κ2) is 8.42. The van der Waals surface area contributed by atoms with Crippen LogP contribution in [0.25, 0.3) is 0 Å². The molecule has 1 aromatic heterocycles. The predicted octanol–water partition coefficient (Wildman–Crippen LogP) is 4.92. The van der Waals surface area contributed by atoms with Gasteiger partial charge in [-0.2, -0.15) is 5.26 Å². The van der Waals surface area contributed by atoms with Gasteiger partial charge in [0.15, 0.2) is 0 Å². The van der Waals surface area contributed by atoms with E-state index in [1.165, 1.54) is 7.11 Å². The number of methoxy groups -OCH3 is 1. The Kier molecular flexibility index (Phi) is 5.78. The maximum absolute atomic E-state index is 12.6. The molecule has 140 valence electrons. The zero-order valence-corrected chi connectivity index (χ0v) is 16.0. The highest BCUT2D eigenvalue weighted by atomic mass is 35.5. The molecule has 0 bridgehead atoms. The van der Waals surface area contributed by atoms with Crippen LogP contribution in [0.2, 0.25) is 5.02 Å². The molecule has 3 aromatic rings. The number of aryl methyl sites for hydroxylation is 1. The summed E-state index contributed by atoms with van der Waals surface area (Å²) in [5.74, 6) is 0.0966. The molecule has 0 radical (unpaired) electrons. The van der Waals surface area contributed by atoms with Crippen LogP contribution >= 0.6 is 11.6 Å². The summed E-state index contributed by atoms with van der Waals surface area (Å²) >= 11 is 6.10. The first-order valence-corrected chi connectivity index (χ1v) is 8.76. The molecule has 1 heterocycles. The fraction of sp³-hybridized carbons (Fsp3) is 0.0952. The smallest absolute Gasteiger partial charge is 0.274 e. The zero-order chi connectivity index (χ0) is 20.1. The molecule has 2 aromatic carbocycles. The summed E-state index contributed by atoms with van der Waals surface area (Å²) in [6.45, 7) is 1.85. The number of nitrogens with zero attached hydrogens (tertiary/aromatic N) is 2. The number of nitrogens with one attached hydrogen (secondary N) is 2. The number of benzene rings is 2. The second-order valence-corrected chi connectivity index (χ2v) is 6.41. The molecule has 1 amide bonds. The molecule has 0 spiro atoms. The number of halogens is 1. The van der Waals surface area contributed by atoms with Crippen molar-refractivity contribution in [1.29, 1.82) is 5.26 Å². The molecule has 0 unspecified atom stereocenters. The van der Waals surface area contributed by atoms with Gasteiger partial charge in [-0.15, -0.1) is 0 Å². The lowest BCUT2D eigenvalue weighted by Gasteiger charge is -2.12. The maximum Gasteiger partial charge on any atom is 0.274 e. The van der Waals surface area contributed by atoms with Crippen LogP contribution in [-0.4, -0.2) is 18.0 Å². The quantitative estimate of drug-likeness (QED) is 0.643. The number of carbonyl (C=O) groups is 1. The first kappa shape index (κ1) is 19.2. The van der Waals surface area contributed by atoms with Gasteiger partial charge in [0, 0.05) is 28.7 Å². The van der Waals surface area contributed by atoms with Gasteiger partial charge < -0.3 is 15.4 Å². The molecule has 0 saturated heterocycles. The molecule has 0 saturated carbocycles. The Morgan fingerprint density at radius 3 is 2.57 bits per heavy atom. The van der Waals surface area contributed by atoms with Gasteiger partial charge in [-0.05, 0) is 55.0 Å². The third kappa shape index (κ3) is 4.40. The number of rotatable bonds is 5. The van der Waals surface area contributed by atoms with Crippen LogP contribution in [-0.2, 0) is 0 Å². The predicted molar refractivity (Wildman–Crippen MR) is 109 cm³/mol. The second-order valence-electron chi connectivity index (χ2n) is 6.00. The summed E-state index contributed by atoms with van der Waals surface area (Å²) in [7, 11) is 1.51. The van der Waals surface area contributed by atoms with Gasteiger partial charge in [0.2, 0.25) is 0 Å². The average Bonchev–Trinajstić information content (AvgIpc) is 2.71. The number of anilines is 3. The van der Waals surface area contributed by atoms with Crippen LogP contribution < -0.4 is 15.4 Å². The highest BCUT2D eigenvalue weighted by molar-refractivity contribution is 6.31. The van der Waals surface area contributed by atoms with Crippen LogP contribution in [0.1, 0.15) is 21.6 Å². The number of carbonyl (C=O) groups excluding carboxylic acids is 1. The lowest BCUT2D eigenvalue weighted by molar-refractivity contribution is 0.102. The molecule has 0 aliphatic rings. The van der Waals surface area contributed by atoms with Gasteiger partial charge in [0.25, 0.3) is 5.91 Å². The van der Waals surface area contributed by atoms with E-state index in [4.69, 9.17) is 21.6 Å².